The summed E-state index contributed by atoms with van der Waals surface area (Å²) < 4.78 is 0. The van der Waals surface area contributed by atoms with E-state index < -0.39 is 0 Å². The van der Waals surface area contributed by atoms with Crippen LogP contribution in [0.1, 0.15) is 59.3 Å². The van der Waals surface area contributed by atoms with Crippen LogP contribution in [-0.4, -0.2) is 12.1 Å². The molecule has 2 fully saturated rings. The highest BCUT2D eigenvalue weighted by molar-refractivity contribution is 4.86. The molecular formula is C14H27N. The van der Waals surface area contributed by atoms with E-state index in [1.165, 1.54) is 38.5 Å². The van der Waals surface area contributed by atoms with Crippen LogP contribution >= 0.6 is 0 Å². The van der Waals surface area contributed by atoms with Crippen LogP contribution in [0.5, 0.6) is 0 Å². The molecule has 2 aliphatic carbocycles. The van der Waals surface area contributed by atoms with E-state index in [4.69, 9.17) is 0 Å². The van der Waals surface area contributed by atoms with Gasteiger partial charge in [-0.05, 0) is 56.8 Å². The lowest BCUT2D eigenvalue weighted by atomic mass is 9.77. The van der Waals surface area contributed by atoms with Crippen LogP contribution in [0.2, 0.25) is 0 Å². The van der Waals surface area contributed by atoms with Gasteiger partial charge in [0.05, 0.1) is 0 Å². The van der Waals surface area contributed by atoms with E-state index in [-0.39, 0.29) is 0 Å². The molecule has 0 saturated heterocycles. The van der Waals surface area contributed by atoms with Crippen LogP contribution in [0.3, 0.4) is 0 Å². The Bertz CT molecular complexity index is 198. The zero-order valence-corrected chi connectivity index (χ0v) is 10.6. The molecule has 0 aromatic carbocycles. The summed E-state index contributed by atoms with van der Waals surface area (Å²) in [5.74, 6) is 2.85. The number of nitrogens with one attached hydrogen (secondary N) is 1. The van der Waals surface area contributed by atoms with E-state index >= 15 is 0 Å². The van der Waals surface area contributed by atoms with Crippen molar-refractivity contribution in [2.24, 2.45) is 17.8 Å². The average Bonchev–Trinajstić information content (AvgIpc) is 2.08. The minimum atomic E-state index is 0.768. The first-order valence-corrected chi connectivity index (χ1v) is 6.93. The van der Waals surface area contributed by atoms with Crippen molar-refractivity contribution < 1.29 is 0 Å². The Morgan fingerprint density at radius 1 is 1.00 bits per heavy atom. The normalized spacial score (nSPS) is 39.8. The first-order chi connectivity index (χ1) is 7.16. The lowest BCUT2D eigenvalue weighted by Gasteiger charge is -2.38. The molecule has 2 saturated carbocycles. The molecule has 0 aromatic rings. The number of hydrogen-bond acceptors (Lipinski definition) is 1. The summed E-state index contributed by atoms with van der Waals surface area (Å²) in [5, 5.41) is 3.87. The molecule has 88 valence electrons. The van der Waals surface area contributed by atoms with E-state index in [2.05, 4.69) is 26.1 Å². The summed E-state index contributed by atoms with van der Waals surface area (Å²) in [5.41, 5.74) is 0. The van der Waals surface area contributed by atoms with E-state index in [9.17, 15) is 0 Å². The lowest BCUT2D eigenvalue weighted by Crippen LogP contribution is -2.45. The quantitative estimate of drug-likeness (QED) is 0.749. The van der Waals surface area contributed by atoms with E-state index in [0.717, 1.165) is 29.8 Å². The zero-order valence-electron chi connectivity index (χ0n) is 10.6. The fraction of sp³-hybridized carbons (Fsp3) is 1.00. The molecule has 0 aromatic heterocycles. The molecule has 1 N–H and O–H groups in total. The van der Waals surface area contributed by atoms with Crippen LogP contribution in [-0.2, 0) is 0 Å². The molecule has 2 aliphatic rings. The monoisotopic (exact) mass is 209 g/mol. The second-order valence-corrected chi connectivity index (χ2v) is 6.11. The predicted octanol–water partition coefficient (Wildman–Crippen LogP) is 3.59. The Kier molecular flexibility index (Phi) is 3.71. The Morgan fingerprint density at radius 3 is 2.27 bits per heavy atom. The third kappa shape index (κ3) is 2.75. The summed E-state index contributed by atoms with van der Waals surface area (Å²) in [6.45, 7) is 7.23. The number of hydrogen-bond donors (Lipinski definition) is 1. The van der Waals surface area contributed by atoms with Gasteiger partial charge in [-0.1, -0.05) is 20.3 Å². The maximum absolute atomic E-state index is 3.87. The van der Waals surface area contributed by atoms with Crippen molar-refractivity contribution in [1.29, 1.82) is 0 Å². The SMILES string of the molecule is CC1CCC(NC(C)C2CCC2)CC1C. The van der Waals surface area contributed by atoms with Crippen molar-refractivity contribution in [3.05, 3.63) is 0 Å². The predicted molar refractivity (Wildman–Crippen MR) is 65.9 cm³/mol. The highest BCUT2D eigenvalue weighted by Gasteiger charge is 2.29. The van der Waals surface area contributed by atoms with Crippen molar-refractivity contribution in [2.45, 2.75) is 71.4 Å². The minimum absolute atomic E-state index is 0.768. The van der Waals surface area contributed by atoms with E-state index in [1.807, 2.05) is 0 Å². The molecule has 4 unspecified atom stereocenters. The summed E-state index contributed by atoms with van der Waals surface area (Å²) in [7, 11) is 0. The van der Waals surface area contributed by atoms with Gasteiger partial charge < -0.3 is 5.32 Å². The zero-order chi connectivity index (χ0) is 10.8. The van der Waals surface area contributed by atoms with Crippen LogP contribution in [0.25, 0.3) is 0 Å². The van der Waals surface area contributed by atoms with Crippen molar-refractivity contribution in [1.82, 2.24) is 5.32 Å². The summed E-state index contributed by atoms with van der Waals surface area (Å²) in [6, 6.07) is 1.58. The van der Waals surface area contributed by atoms with Crippen molar-refractivity contribution in [3.63, 3.8) is 0 Å². The Hall–Kier alpha value is -0.0400. The van der Waals surface area contributed by atoms with Gasteiger partial charge in [-0.3, -0.25) is 0 Å². The summed E-state index contributed by atoms with van der Waals surface area (Å²) >= 11 is 0. The minimum Gasteiger partial charge on any atom is -0.311 e. The first kappa shape index (κ1) is 11.4. The summed E-state index contributed by atoms with van der Waals surface area (Å²) in [6.07, 6.45) is 8.63. The Balaban J connectivity index is 1.74. The maximum atomic E-state index is 3.87. The second kappa shape index (κ2) is 4.86. The van der Waals surface area contributed by atoms with Crippen LogP contribution in [0.4, 0.5) is 0 Å². The van der Waals surface area contributed by atoms with Crippen molar-refractivity contribution in [3.8, 4) is 0 Å². The molecule has 0 aliphatic heterocycles. The van der Waals surface area contributed by atoms with Crippen LogP contribution in [0, 0.1) is 17.8 Å². The Morgan fingerprint density at radius 2 is 1.73 bits per heavy atom. The van der Waals surface area contributed by atoms with Gasteiger partial charge in [0.1, 0.15) is 0 Å². The highest BCUT2D eigenvalue weighted by Crippen LogP contribution is 2.32. The van der Waals surface area contributed by atoms with Gasteiger partial charge in [-0.15, -0.1) is 0 Å². The highest BCUT2D eigenvalue weighted by atomic mass is 15.0. The van der Waals surface area contributed by atoms with Gasteiger partial charge in [0.15, 0.2) is 0 Å². The van der Waals surface area contributed by atoms with Gasteiger partial charge in [0.25, 0.3) is 0 Å². The third-order valence-corrected chi connectivity index (χ3v) is 4.95. The molecule has 0 amide bonds. The molecule has 0 radical (unpaired) electrons. The summed E-state index contributed by atoms with van der Waals surface area (Å²) in [4.78, 5) is 0. The molecular weight excluding hydrogens is 182 g/mol. The third-order valence-electron chi connectivity index (χ3n) is 4.95. The van der Waals surface area contributed by atoms with Gasteiger partial charge in [0.2, 0.25) is 0 Å². The fourth-order valence-electron chi connectivity index (χ4n) is 3.15. The molecule has 0 bridgehead atoms. The first-order valence-electron chi connectivity index (χ1n) is 6.93. The van der Waals surface area contributed by atoms with E-state index in [0.29, 0.717) is 0 Å². The van der Waals surface area contributed by atoms with Gasteiger partial charge in [-0.25, -0.2) is 0 Å². The van der Waals surface area contributed by atoms with Gasteiger partial charge >= 0.3 is 0 Å². The van der Waals surface area contributed by atoms with E-state index in [1.54, 1.807) is 0 Å². The average molecular weight is 209 g/mol. The lowest BCUT2D eigenvalue weighted by molar-refractivity contribution is 0.175. The Labute approximate surface area is 95.0 Å². The van der Waals surface area contributed by atoms with Gasteiger partial charge in [0, 0.05) is 12.1 Å². The molecule has 2 rings (SSSR count). The largest absolute Gasteiger partial charge is 0.311 e. The standard InChI is InChI=1S/C14H27N/c1-10-7-8-14(9-11(10)2)15-12(3)13-5-4-6-13/h10-15H,4-9H2,1-3H3. The van der Waals surface area contributed by atoms with Crippen LogP contribution in [0.15, 0.2) is 0 Å². The van der Waals surface area contributed by atoms with Crippen molar-refractivity contribution >= 4 is 0 Å². The molecule has 15 heavy (non-hydrogen) atoms. The fourth-order valence-corrected chi connectivity index (χ4v) is 3.15. The molecule has 1 heteroatoms. The number of rotatable bonds is 3. The van der Waals surface area contributed by atoms with Crippen molar-refractivity contribution in [2.75, 3.05) is 0 Å². The second-order valence-electron chi connectivity index (χ2n) is 6.11. The molecule has 0 heterocycles. The molecule has 0 spiro atoms. The topological polar surface area (TPSA) is 12.0 Å². The molecule has 4 atom stereocenters. The molecule has 1 nitrogen and oxygen atoms in total. The van der Waals surface area contributed by atoms with Gasteiger partial charge in [-0.2, -0.15) is 0 Å². The smallest absolute Gasteiger partial charge is 0.00723 e. The van der Waals surface area contributed by atoms with Crippen LogP contribution < -0.4 is 5.32 Å². The maximum Gasteiger partial charge on any atom is 0.00723 e.